The highest BCUT2D eigenvalue weighted by atomic mass is 32.1. The molecule has 0 aromatic carbocycles. The molecule has 0 spiro atoms. The number of hydrogen-bond donors (Lipinski definition) is 0. The molecule has 1 saturated heterocycles. The van der Waals surface area contributed by atoms with Gasteiger partial charge in [0.05, 0.1) is 5.39 Å². The summed E-state index contributed by atoms with van der Waals surface area (Å²) in [5.74, 6) is 2.88. The van der Waals surface area contributed by atoms with Crippen LogP contribution in [0.3, 0.4) is 0 Å². The van der Waals surface area contributed by atoms with E-state index in [-0.39, 0.29) is 0 Å². The van der Waals surface area contributed by atoms with Gasteiger partial charge in [0.25, 0.3) is 0 Å². The van der Waals surface area contributed by atoms with Crippen LogP contribution in [0.1, 0.15) is 37.4 Å². The number of aromatic nitrogens is 4. The van der Waals surface area contributed by atoms with Crippen molar-refractivity contribution in [1.82, 2.24) is 20.1 Å². The summed E-state index contributed by atoms with van der Waals surface area (Å²) in [6, 6.07) is 2.10. The van der Waals surface area contributed by atoms with Crippen molar-refractivity contribution in [2.75, 3.05) is 18.0 Å². The van der Waals surface area contributed by atoms with E-state index < -0.39 is 0 Å². The Hall–Kier alpha value is -2.02. The van der Waals surface area contributed by atoms with Crippen LogP contribution in [0.25, 0.3) is 10.2 Å². The van der Waals surface area contributed by atoms with E-state index in [1.807, 2.05) is 6.92 Å². The molecule has 0 N–H and O–H groups in total. The zero-order valence-electron chi connectivity index (χ0n) is 12.4. The number of hydrogen-bond acceptors (Lipinski definition) is 7. The van der Waals surface area contributed by atoms with Gasteiger partial charge < -0.3 is 9.42 Å². The summed E-state index contributed by atoms with van der Waals surface area (Å²) in [4.78, 5) is 16.7. The molecule has 0 saturated carbocycles. The van der Waals surface area contributed by atoms with E-state index in [1.54, 1.807) is 17.7 Å². The van der Waals surface area contributed by atoms with Gasteiger partial charge in [0.2, 0.25) is 5.89 Å². The van der Waals surface area contributed by atoms with Crippen molar-refractivity contribution < 1.29 is 4.52 Å². The highest BCUT2D eigenvalue weighted by Crippen LogP contribution is 2.32. The van der Waals surface area contributed by atoms with Gasteiger partial charge in [-0.3, -0.25) is 0 Å². The third kappa shape index (κ3) is 2.35. The van der Waals surface area contributed by atoms with Crippen LogP contribution in [0.5, 0.6) is 0 Å². The summed E-state index contributed by atoms with van der Waals surface area (Å²) in [7, 11) is 0. The van der Waals surface area contributed by atoms with Crippen molar-refractivity contribution in [3.05, 3.63) is 29.5 Å². The number of rotatable bonds is 3. The van der Waals surface area contributed by atoms with Crippen LogP contribution in [0, 0.1) is 0 Å². The third-order valence-corrected chi connectivity index (χ3v) is 4.93. The average Bonchev–Trinajstić information content (AvgIpc) is 3.23. The molecular weight excluding hydrogens is 298 g/mol. The first kappa shape index (κ1) is 13.6. The van der Waals surface area contributed by atoms with Gasteiger partial charge in [-0.15, -0.1) is 11.3 Å². The number of piperidine rings is 1. The maximum Gasteiger partial charge on any atom is 0.226 e. The second-order valence-corrected chi connectivity index (χ2v) is 6.42. The van der Waals surface area contributed by atoms with Crippen LogP contribution in [0.2, 0.25) is 0 Å². The Morgan fingerprint density at radius 3 is 3.23 bits per heavy atom. The van der Waals surface area contributed by atoms with E-state index in [4.69, 9.17) is 4.52 Å². The van der Waals surface area contributed by atoms with Crippen LogP contribution >= 0.6 is 11.3 Å². The molecule has 3 aromatic rings. The molecule has 0 amide bonds. The van der Waals surface area contributed by atoms with Crippen LogP contribution in [-0.2, 0) is 6.42 Å². The van der Waals surface area contributed by atoms with Gasteiger partial charge in [-0.2, -0.15) is 4.98 Å². The minimum absolute atomic E-state index is 0.307. The molecule has 4 heterocycles. The van der Waals surface area contributed by atoms with Crippen molar-refractivity contribution in [3.8, 4) is 0 Å². The number of aryl methyl sites for hydroxylation is 1. The fraction of sp³-hybridized carbons (Fsp3) is 0.467. The van der Waals surface area contributed by atoms with Gasteiger partial charge >= 0.3 is 0 Å². The lowest BCUT2D eigenvalue weighted by Gasteiger charge is -2.32. The SMILES string of the molecule is CCc1nc(C2CCCN(c3ncnc4sccc34)C2)no1. The Morgan fingerprint density at radius 1 is 1.41 bits per heavy atom. The zero-order chi connectivity index (χ0) is 14.9. The number of fused-ring (bicyclic) bond motifs is 1. The van der Waals surface area contributed by atoms with Crippen molar-refractivity contribution in [1.29, 1.82) is 0 Å². The Bertz CT molecular complexity index is 783. The Kier molecular flexibility index (Phi) is 3.49. The van der Waals surface area contributed by atoms with Gasteiger partial charge in [-0.05, 0) is 24.3 Å². The summed E-state index contributed by atoms with van der Waals surface area (Å²) in [5, 5.41) is 7.35. The normalized spacial score (nSPS) is 19.0. The molecule has 4 rings (SSSR count). The van der Waals surface area contributed by atoms with Crippen molar-refractivity contribution in [2.24, 2.45) is 0 Å². The lowest BCUT2D eigenvalue weighted by Crippen LogP contribution is -2.35. The van der Waals surface area contributed by atoms with E-state index in [0.29, 0.717) is 5.92 Å². The van der Waals surface area contributed by atoms with Crippen molar-refractivity contribution in [2.45, 2.75) is 32.1 Å². The van der Waals surface area contributed by atoms with E-state index in [2.05, 4.69) is 36.5 Å². The Labute approximate surface area is 132 Å². The van der Waals surface area contributed by atoms with Gasteiger partial charge in [0, 0.05) is 25.4 Å². The largest absolute Gasteiger partial charge is 0.355 e. The zero-order valence-corrected chi connectivity index (χ0v) is 13.2. The summed E-state index contributed by atoms with van der Waals surface area (Å²) >= 11 is 1.65. The molecule has 0 bridgehead atoms. The standard InChI is InChI=1S/C15H17N5OS/c1-2-12-18-13(19-21-12)10-4-3-6-20(8-10)14-11-5-7-22-15(11)17-9-16-14/h5,7,9-10H,2-4,6,8H2,1H3. The Balaban J connectivity index is 1.62. The van der Waals surface area contributed by atoms with Crippen LogP contribution in [-0.4, -0.2) is 33.2 Å². The number of anilines is 1. The van der Waals surface area contributed by atoms with Gasteiger partial charge in [0.1, 0.15) is 17.0 Å². The number of nitrogens with zero attached hydrogens (tertiary/aromatic N) is 5. The lowest BCUT2D eigenvalue weighted by molar-refractivity contribution is 0.368. The van der Waals surface area contributed by atoms with E-state index in [9.17, 15) is 0 Å². The third-order valence-electron chi connectivity index (χ3n) is 4.11. The predicted octanol–water partition coefficient (Wildman–Crippen LogP) is 3.02. The van der Waals surface area contributed by atoms with Gasteiger partial charge in [-0.1, -0.05) is 12.1 Å². The van der Waals surface area contributed by atoms with Crippen molar-refractivity contribution in [3.63, 3.8) is 0 Å². The summed E-state index contributed by atoms with van der Waals surface area (Å²) < 4.78 is 5.26. The molecule has 7 heteroatoms. The minimum Gasteiger partial charge on any atom is -0.355 e. The molecule has 22 heavy (non-hydrogen) atoms. The smallest absolute Gasteiger partial charge is 0.226 e. The molecule has 1 fully saturated rings. The highest BCUT2D eigenvalue weighted by molar-refractivity contribution is 7.16. The first-order chi connectivity index (χ1) is 10.8. The maximum absolute atomic E-state index is 5.26. The topological polar surface area (TPSA) is 67.9 Å². The molecular formula is C15H17N5OS. The molecule has 114 valence electrons. The monoisotopic (exact) mass is 315 g/mol. The Morgan fingerprint density at radius 2 is 2.36 bits per heavy atom. The molecule has 1 aliphatic rings. The molecule has 0 radical (unpaired) electrons. The first-order valence-corrected chi connectivity index (χ1v) is 8.48. The summed E-state index contributed by atoms with van der Waals surface area (Å²) in [6.07, 6.45) is 4.64. The number of thiophene rings is 1. The van der Waals surface area contributed by atoms with E-state index >= 15 is 0 Å². The lowest BCUT2D eigenvalue weighted by atomic mass is 9.97. The first-order valence-electron chi connectivity index (χ1n) is 7.60. The summed E-state index contributed by atoms with van der Waals surface area (Å²) in [5.41, 5.74) is 0. The van der Waals surface area contributed by atoms with Crippen LogP contribution in [0.15, 0.2) is 22.3 Å². The van der Waals surface area contributed by atoms with E-state index in [0.717, 1.165) is 60.1 Å². The average molecular weight is 315 g/mol. The molecule has 0 aliphatic carbocycles. The van der Waals surface area contributed by atoms with Crippen molar-refractivity contribution >= 4 is 27.4 Å². The molecule has 1 aliphatic heterocycles. The fourth-order valence-electron chi connectivity index (χ4n) is 2.99. The summed E-state index contributed by atoms with van der Waals surface area (Å²) in [6.45, 7) is 3.92. The van der Waals surface area contributed by atoms with Crippen LogP contribution in [0.4, 0.5) is 5.82 Å². The molecule has 3 aromatic heterocycles. The molecule has 6 nitrogen and oxygen atoms in total. The van der Waals surface area contributed by atoms with E-state index in [1.165, 1.54) is 0 Å². The van der Waals surface area contributed by atoms with Gasteiger partial charge in [-0.25, -0.2) is 9.97 Å². The molecule has 1 atom stereocenters. The second-order valence-electron chi connectivity index (χ2n) is 5.52. The predicted molar refractivity (Wildman–Crippen MR) is 85.3 cm³/mol. The van der Waals surface area contributed by atoms with Gasteiger partial charge in [0.15, 0.2) is 5.82 Å². The second kappa shape index (κ2) is 5.64. The van der Waals surface area contributed by atoms with Crippen LogP contribution < -0.4 is 4.90 Å². The quantitative estimate of drug-likeness (QED) is 0.740. The fourth-order valence-corrected chi connectivity index (χ4v) is 3.71. The maximum atomic E-state index is 5.26. The minimum atomic E-state index is 0.307. The molecule has 1 unspecified atom stereocenters. The highest BCUT2D eigenvalue weighted by Gasteiger charge is 2.27.